The Labute approximate surface area is 151 Å². The van der Waals surface area contributed by atoms with Crippen LogP contribution in [-0.2, 0) is 16.4 Å². The highest BCUT2D eigenvalue weighted by molar-refractivity contribution is 7.91. The van der Waals surface area contributed by atoms with Gasteiger partial charge >= 0.3 is 6.03 Å². The molecule has 1 saturated heterocycles. The number of carbonyl (C=O) groups is 1. The average molecular weight is 379 g/mol. The van der Waals surface area contributed by atoms with Gasteiger partial charge in [-0.1, -0.05) is 0 Å². The molecule has 3 heterocycles. The highest BCUT2D eigenvalue weighted by Crippen LogP contribution is 2.27. The Morgan fingerprint density at radius 3 is 2.81 bits per heavy atom. The predicted octanol–water partition coefficient (Wildman–Crippen LogP) is 1.31. The van der Waals surface area contributed by atoms with Crippen molar-refractivity contribution in [2.75, 3.05) is 30.5 Å². The Kier molecular flexibility index (Phi) is 5.12. The first-order valence-corrected chi connectivity index (χ1v) is 10.0. The zero-order chi connectivity index (χ0) is 18.7. The van der Waals surface area contributed by atoms with E-state index in [0.717, 1.165) is 0 Å². The number of pyridine rings is 1. The number of carbonyl (C=O) groups excluding carboxylic acids is 1. The third-order valence-electron chi connectivity index (χ3n) is 4.25. The molecule has 0 spiro atoms. The fourth-order valence-corrected chi connectivity index (χ4v) is 4.32. The van der Waals surface area contributed by atoms with E-state index in [2.05, 4.69) is 15.4 Å². The van der Waals surface area contributed by atoms with Gasteiger partial charge in [-0.2, -0.15) is 5.10 Å². The van der Waals surface area contributed by atoms with Gasteiger partial charge in [0.25, 0.3) is 0 Å². The molecule has 0 unspecified atom stereocenters. The Morgan fingerprint density at radius 2 is 2.19 bits per heavy atom. The van der Waals surface area contributed by atoms with E-state index in [-0.39, 0.29) is 24.1 Å². The molecule has 0 aromatic carbocycles. The maximum atomic E-state index is 12.7. The number of amides is 2. The van der Waals surface area contributed by atoms with Crippen LogP contribution in [-0.4, -0.2) is 59.3 Å². The number of rotatable bonds is 4. The monoisotopic (exact) mass is 379 g/mol. The SMILES string of the molecule is CCn1cc([C@H]2CS(=O)(=O)CCN2C(=O)Nc2ccc(OC)nc2)cn1. The van der Waals surface area contributed by atoms with Crippen LogP contribution in [0.25, 0.3) is 0 Å². The summed E-state index contributed by atoms with van der Waals surface area (Å²) in [6.45, 7) is 2.73. The van der Waals surface area contributed by atoms with Crippen molar-refractivity contribution in [2.45, 2.75) is 19.5 Å². The lowest BCUT2D eigenvalue weighted by Gasteiger charge is -2.34. The summed E-state index contributed by atoms with van der Waals surface area (Å²) in [6.07, 6.45) is 4.88. The minimum atomic E-state index is -3.21. The topological polar surface area (TPSA) is 106 Å². The predicted molar refractivity (Wildman–Crippen MR) is 95.8 cm³/mol. The molecular formula is C16H21N5O4S. The van der Waals surface area contributed by atoms with E-state index in [1.807, 2.05) is 6.92 Å². The number of sulfone groups is 1. The molecule has 2 aromatic heterocycles. The van der Waals surface area contributed by atoms with Crippen LogP contribution in [0.5, 0.6) is 5.88 Å². The number of urea groups is 1. The zero-order valence-corrected chi connectivity index (χ0v) is 15.4. The second-order valence-corrected chi connectivity index (χ2v) is 8.20. The molecule has 26 heavy (non-hydrogen) atoms. The van der Waals surface area contributed by atoms with E-state index in [4.69, 9.17) is 4.74 Å². The van der Waals surface area contributed by atoms with E-state index >= 15 is 0 Å². The molecule has 1 atom stereocenters. The van der Waals surface area contributed by atoms with Crippen LogP contribution in [0.1, 0.15) is 18.5 Å². The summed E-state index contributed by atoms with van der Waals surface area (Å²) in [5.41, 5.74) is 1.21. The molecule has 3 rings (SSSR count). The number of nitrogens with one attached hydrogen (secondary N) is 1. The molecule has 1 N–H and O–H groups in total. The van der Waals surface area contributed by atoms with E-state index in [9.17, 15) is 13.2 Å². The number of methoxy groups -OCH3 is 1. The van der Waals surface area contributed by atoms with Crippen molar-refractivity contribution in [3.63, 3.8) is 0 Å². The summed E-state index contributed by atoms with van der Waals surface area (Å²) in [5, 5.41) is 6.95. The van der Waals surface area contributed by atoms with Crippen LogP contribution < -0.4 is 10.1 Å². The molecule has 9 nitrogen and oxygen atoms in total. The van der Waals surface area contributed by atoms with Crippen molar-refractivity contribution in [2.24, 2.45) is 0 Å². The van der Waals surface area contributed by atoms with Crippen LogP contribution in [0.2, 0.25) is 0 Å². The van der Waals surface area contributed by atoms with E-state index in [0.29, 0.717) is 23.7 Å². The molecule has 1 aliphatic rings. The van der Waals surface area contributed by atoms with Gasteiger partial charge in [0, 0.05) is 30.9 Å². The number of aryl methyl sites for hydroxylation is 1. The van der Waals surface area contributed by atoms with Gasteiger partial charge in [-0.25, -0.2) is 18.2 Å². The van der Waals surface area contributed by atoms with Gasteiger partial charge in [0.15, 0.2) is 9.84 Å². The number of anilines is 1. The fourth-order valence-electron chi connectivity index (χ4n) is 2.82. The molecule has 1 aliphatic heterocycles. The second-order valence-electron chi connectivity index (χ2n) is 5.97. The van der Waals surface area contributed by atoms with Gasteiger partial charge in [0.2, 0.25) is 5.88 Å². The molecule has 2 aromatic rings. The van der Waals surface area contributed by atoms with Gasteiger partial charge in [-0.3, -0.25) is 4.68 Å². The number of aromatic nitrogens is 3. The van der Waals surface area contributed by atoms with Crippen molar-refractivity contribution in [1.29, 1.82) is 0 Å². The minimum Gasteiger partial charge on any atom is -0.481 e. The minimum absolute atomic E-state index is 0.0559. The average Bonchev–Trinajstić information content (AvgIpc) is 3.10. The van der Waals surface area contributed by atoms with Crippen molar-refractivity contribution >= 4 is 21.6 Å². The second kappa shape index (κ2) is 7.32. The summed E-state index contributed by atoms with van der Waals surface area (Å²) >= 11 is 0. The molecule has 1 fully saturated rings. The third-order valence-corrected chi connectivity index (χ3v) is 5.88. The van der Waals surface area contributed by atoms with Gasteiger partial charge in [0.05, 0.1) is 42.7 Å². The van der Waals surface area contributed by atoms with Crippen LogP contribution in [0.4, 0.5) is 10.5 Å². The quantitative estimate of drug-likeness (QED) is 0.858. The number of hydrogen-bond acceptors (Lipinski definition) is 6. The van der Waals surface area contributed by atoms with E-state index in [1.54, 1.807) is 29.2 Å². The molecule has 0 saturated carbocycles. The highest BCUT2D eigenvalue weighted by Gasteiger charge is 2.36. The number of nitrogens with zero attached hydrogens (tertiary/aromatic N) is 4. The molecule has 2 amide bonds. The van der Waals surface area contributed by atoms with Crippen molar-refractivity contribution in [1.82, 2.24) is 19.7 Å². The van der Waals surface area contributed by atoms with Crippen molar-refractivity contribution in [3.8, 4) is 5.88 Å². The molecule has 0 radical (unpaired) electrons. The summed E-state index contributed by atoms with van der Waals surface area (Å²) in [6, 6.07) is 2.37. The molecular weight excluding hydrogens is 358 g/mol. The van der Waals surface area contributed by atoms with Gasteiger partial charge in [-0.05, 0) is 13.0 Å². The first kappa shape index (κ1) is 18.2. The lowest BCUT2D eigenvalue weighted by atomic mass is 10.1. The number of hydrogen-bond donors (Lipinski definition) is 1. The van der Waals surface area contributed by atoms with E-state index < -0.39 is 15.9 Å². The normalized spacial score (nSPS) is 19.2. The summed E-state index contributed by atoms with van der Waals surface area (Å²) in [5.74, 6) is 0.271. The standard InChI is InChI=1S/C16H21N5O4S/c1-3-20-10-12(8-18-20)14-11-26(23,24)7-6-21(14)16(22)19-13-4-5-15(25-2)17-9-13/h4-5,8-10,14H,3,6-7,11H2,1-2H3,(H,19,22)/t14-/m1/s1. The molecule has 0 aliphatic carbocycles. The van der Waals surface area contributed by atoms with Gasteiger partial charge < -0.3 is 15.0 Å². The van der Waals surface area contributed by atoms with Crippen molar-refractivity contribution in [3.05, 3.63) is 36.3 Å². The first-order chi connectivity index (χ1) is 12.4. The Morgan fingerprint density at radius 1 is 1.38 bits per heavy atom. The third kappa shape index (κ3) is 3.96. The lowest BCUT2D eigenvalue weighted by Crippen LogP contribution is -2.47. The highest BCUT2D eigenvalue weighted by atomic mass is 32.2. The summed E-state index contributed by atoms with van der Waals surface area (Å²) in [7, 11) is -1.70. The Balaban J connectivity index is 1.81. The van der Waals surface area contributed by atoms with Crippen LogP contribution >= 0.6 is 0 Å². The van der Waals surface area contributed by atoms with Gasteiger partial charge in [0.1, 0.15) is 0 Å². The Hall–Kier alpha value is -2.62. The Bertz CT molecular complexity index is 878. The largest absolute Gasteiger partial charge is 0.481 e. The maximum absolute atomic E-state index is 12.7. The fraction of sp³-hybridized carbons (Fsp3) is 0.438. The van der Waals surface area contributed by atoms with Crippen LogP contribution in [0.15, 0.2) is 30.7 Å². The zero-order valence-electron chi connectivity index (χ0n) is 14.6. The summed E-state index contributed by atoms with van der Waals surface area (Å²) < 4.78 is 30.9. The maximum Gasteiger partial charge on any atom is 0.322 e. The van der Waals surface area contributed by atoms with Crippen LogP contribution in [0.3, 0.4) is 0 Å². The van der Waals surface area contributed by atoms with Gasteiger partial charge in [-0.15, -0.1) is 0 Å². The van der Waals surface area contributed by atoms with Crippen molar-refractivity contribution < 1.29 is 17.9 Å². The molecule has 10 heteroatoms. The lowest BCUT2D eigenvalue weighted by molar-refractivity contribution is 0.195. The van der Waals surface area contributed by atoms with Crippen LogP contribution in [0, 0.1) is 0 Å². The molecule has 0 bridgehead atoms. The smallest absolute Gasteiger partial charge is 0.322 e. The first-order valence-electron chi connectivity index (χ1n) is 8.22. The summed E-state index contributed by atoms with van der Waals surface area (Å²) in [4.78, 5) is 18.3. The molecule has 140 valence electrons. The van der Waals surface area contributed by atoms with E-state index in [1.165, 1.54) is 18.2 Å². The number of ether oxygens (including phenoxy) is 1.